The first-order chi connectivity index (χ1) is 12.6. The molecule has 4 nitrogen and oxygen atoms in total. The van der Waals surface area contributed by atoms with E-state index in [-0.39, 0.29) is 0 Å². The first kappa shape index (κ1) is 16.8. The Labute approximate surface area is 150 Å². The topological polar surface area (TPSA) is 42.2 Å². The predicted octanol–water partition coefficient (Wildman–Crippen LogP) is 4.14. The second kappa shape index (κ2) is 6.96. The van der Waals surface area contributed by atoms with Crippen LogP contribution in [0.3, 0.4) is 0 Å². The molecule has 2 aromatic heterocycles. The van der Waals surface area contributed by atoms with Crippen molar-refractivity contribution in [2.75, 3.05) is 6.54 Å². The van der Waals surface area contributed by atoms with Crippen LogP contribution in [-0.4, -0.2) is 21.6 Å². The smallest absolute Gasteiger partial charge is 0.159 e. The number of nitrogens with zero attached hydrogens (tertiary/aromatic N) is 3. The lowest BCUT2D eigenvalue weighted by Gasteiger charge is -2.25. The van der Waals surface area contributed by atoms with Crippen LogP contribution < -0.4 is 0 Å². The third kappa shape index (κ3) is 3.24. The zero-order valence-corrected chi connectivity index (χ0v) is 14.5. The van der Waals surface area contributed by atoms with E-state index in [1.54, 1.807) is 0 Å². The summed E-state index contributed by atoms with van der Waals surface area (Å²) in [5, 5.41) is 4.10. The van der Waals surface area contributed by atoms with Gasteiger partial charge in [-0.15, -0.1) is 0 Å². The summed E-state index contributed by atoms with van der Waals surface area (Å²) in [5.74, 6) is -0.934. The molecular formula is C20H19F2N3O. The Morgan fingerprint density at radius 1 is 1.15 bits per heavy atom. The molecule has 4 rings (SSSR count). The van der Waals surface area contributed by atoms with Gasteiger partial charge in [0.05, 0.1) is 5.69 Å². The standard InChI is InChI=1S/C20H19F2N3O/c1-2-13-3-5-15(23-10-13)11-25-8-7-19-16(12-25)20(24-26-19)14-4-6-17(21)18(22)9-14/h3-6,9-10H,2,7-8,11-12H2,1H3. The van der Waals surface area contributed by atoms with Gasteiger partial charge in [-0.25, -0.2) is 8.78 Å². The summed E-state index contributed by atoms with van der Waals surface area (Å²) >= 11 is 0. The number of hydrogen-bond acceptors (Lipinski definition) is 4. The summed E-state index contributed by atoms with van der Waals surface area (Å²) in [5.41, 5.74) is 4.28. The van der Waals surface area contributed by atoms with Crippen LogP contribution in [0, 0.1) is 11.6 Å². The number of aryl methyl sites for hydroxylation is 1. The molecule has 134 valence electrons. The van der Waals surface area contributed by atoms with Gasteiger partial charge in [-0.1, -0.05) is 18.1 Å². The van der Waals surface area contributed by atoms with Crippen LogP contribution >= 0.6 is 0 Å². The minimum atomic E-state index is -0.882. The molecule has 1 aromatic carbocycles. The van der Waals surface area contributed by atoms with Gasteiger partial charge in [0, 0.05) is 43.4 Å². The third-order valence-electron chi connectivity index (χ3n) is 4.78. The van der Waals surface area contributed by atoms with Gasteiger partial charge in [-0.2, -0.15) is 0 Å². The molecule has 0 spiro atoms. The molecule has 26 heavy (non-hydrogen) atoms. The van der Waals surface area contributed by atoms with E-state index in [9.17, 15) is 8.78 Å². The normalized spacial score (nSPS) is 14.4. The number of hydrogen-bond donors (Lipinski definition) is 0. The fourth-order valence-electron chi connectivity index (χ4n) is 3.26. The average Bonchev–Trinajstić information content (AvgIpc) is 3.08. The lowest BCUT2D eigenvalue weighted by molar-refractivity contribution is 0.226. The highest BCUT2D eigenvalue weighted by molar-refractivity contribution is 5.63. The van der Waals surface area contributed by atoms with Crippen molar-refractivity contribution in [3.63, 3.8) is 0 Å². The number of rotatable bonds is 4. The molecule has 0 saturated heterocycles. The van der Waals surface area contributed by atoms with Gasteiger partial charge >= 0.3 is 0 Å². The van der Waals surface area contributed by atoms with Gasteiger partial charge in [0.2, 0.25) is 0 Å². The monoisotopic (exact) mass is 355 g/mol. The van der Waals surface area contributed by atoms with Crippen molar-refractivity contribution < 1.29 is 13.3 Å². The van der Waals surface area contributed by atoms with E-state index in [4.69, 9.17) is 4.52 Å². The Kier molecular flexibility index (Phi) is 4.51. The van der Waals surface area contributed by atoms with Crippen molar-refractivity contribution in [1.82, 2.24) is 15.0 Å². The number of fused-ring (bicyclic) bond motifs is 1. The molecule has 0 amide bonds. The number of aromatic nitrogens is 2. The molecule has 0 unspecified atom stereocenters. The quantitative estimate of drug-likeness (QED) is 0.706. The molecular weight excluding hydrogens is 336 g/mol. The molecule has 1 aliphatic heterocycles. The Morgan fingerprint density at radius 2 is 2.04 bits per heavy atom. The van der Waals surface area contributed by atoms with Crippen molar-refractivity contribution in [2.24, 2.45) is 0 Å². The van der Waals surface area contributed by atoms with Crippen molar-refractivity contribution in [3.8, 4) is 11.3 Å². The molecule has 0 radical (unpaired) electrons. The predicted molar refractivity (Wildman–Crippen MR) is 93.3 cm³/mol. The summed E-state index contributed by atoms with van der Waals surface area (Å²) in [6, 6.07) is 7.96. The van der Waals surface area contributed by atoms with E-state index in [1.807, 2.05) is 6.20 Å². The fraction of sp³-hybridized carbons (Fsp3) is 0.300. The van der Waals surface area contributed by atoms with Gasteiger partial charge in [0.1, 0.15) is 11.5 Å². The second-order valence-electron chi connectivity index (χ2n) is 6.53. The Hall–Kier alpha value is -2.60. The van der Waals surface area contributed by atoms with Crippen LogP contribution in [0.2, 0.25) is 0 Å². The molecule has 3 heterocycles. The van der Waals surface area contributed by atoms with Crippen LogP contribution in [0.1, 0.15) is 29.5 Å². The highest BCUT2D eigenvalue weighted by Gasteiger charge is 2.25. The second-order valence-corrected chi connectivity index (χ2v) is 6.53. The van der Waals surface area contributed by atoms with Gasteiger partial charge < -0.3 is 4.52 Å². The fourth-order valence-corrected chi connectivity index (χ4v) is 3.26. The lowest BCUT2D eigenvalue weighted by Crippen LogP contribution is -2.30. The summed E-state index contributed by atoms with van der Waals surface area (Å²) in [6.45, 7) is 4.32. The van der Waals surface area contributed by atoms with E-state index in [1.165, 1.54) is 11.6 Å². The van der Waals surface area contributed by atoms with Crippen molar-refractivity contribution in [3.05, 3.63) is 70.7 Å². The van der Waals surface area contributed by atoms with E-state index in [2.05, 4.69) is 34.1 Å². The van der Waals surface area contributed by atoms with Crippen LogP contribution in [0.5, 0.6) is 0 Å². The summed E-state index contributed by atoms with van der Waals surface area (Å²) in [6.07, 6.45) is 3.62. The average molecular weight is 355 g/mol. The summed E-state index contributed by atoms with van der Waals surface area (Å²) in [7, 11) is 0. The molecule has 0 aliphatic carbocycles. The molecule has 1 aliphatic rings. The maximum absolute atomic E-state index is 13.6. The van der Waals surface area contributed by atoms with Gasteiger partial charge in [-0.05, 0) is 36.2 Å². The Balaban J connectivity index is 1.55. The number of benzene rings is 1. The Morgan fingerprint density at radius 3 is 2.77 bits per heavy atom. The lowest BCUT2D eigenvalue weighted by atomic mass is 10.0. The molecule has 0 fully saturated rings. The third-order valence-corrected chi connectivity index (χ3v) is 4.78. The van der Waals surface area contributed by atoms with E-state index >= 15 is 0 Å². The van der Waals surface area contributed by atoms with Crippen LogP contribution in [0.15, 0.2) is 41.1 Å². The zero-order chi connectivity index (χ0) is 18.1. The van der Waals surface area contributed by atoms with E-state index in [0.29, 0.717) is 17.8 Å². The van der Waals surface area contributed by atoms with Crippen LogP contribution in [-0.2, 0) is 25.9 Å². The minimum absolute atomic E-state index is 0.529. The van der Waals surface area contributed by atoms with Crippen molar-refractivity contribution >= 4 is 0 Å². The van der Waals surface area contributed by atoms with Crippen molar-refractivity contribution in [2.45, 2.75) is 32.9 Å². The van der Waals surface area contributed by atoms with Gasteiger partial charge in [-0.3, -0.25) is 9.88 Å². The highest BCUT2D eigenvalue weighted by Crippen LogP contribution is 2.31. The summed E-state index contributed by atoms with van der Waals surface area (Å²) in [4.78, 5) is 6.78. The largest absolute Gasteiger partial charge is 0.360 e. The maximum atomic E-state index is 13.6. The molecule has 0 N–H and O–H groups in total. The number of halogens is 2. The molecule has 3 aromatic rings. The number of pyridine rings is 1. The highest BCUT2D eigenvalue weighted by atomic mass is 19.2. The van der Waals surface area contributed by atoms with Crippen molar-refractivity contribution in [1.29, 1.82) is 0 Å². The minimum Gasteiger partial charge on any atom is -0.360 e. The van der Waals surface area contributed by atoms with Gasteiger partial charge in [0.15, 0.2) is 11.6 Å². The van der Waals surface area contributed by atoms with E-state index in [0.717, 1.165) is 55.1 Å². The maximum Gasteiger partial charge on any atom is 0.159 e. The van der Waals surface area contributed by atoms with Crippen LogP contribution in [0.4, 0.5) is 8.78 Å². The van der Waals surface area contributed by atoms with E-state index < -0.39 is 11.6 Å². The Bertz CT molecular complexity index is 921. The van der Waals surface area contributed by atoms with Gasteiger partial charge in [0.25, 0.3) is 0 Å². The zero-order valence-electron chi connectivity index (χ0n) is 14.5. The first-order valence-electron chi connectivity index (χ1n) is 8.73. The van der Waals surface area contributed by atoms with Crippen LogP contribution in [0.25, 0.3) is 11.3 Å². The molecule has 0 saturated carbocycles. The first-order valence-corrected chi connectivity index (χ1v) is 8.73. The molecule has 0 atom stereocenters. The summed E-state index contributed by atoms with van der Waals surface area (Å²) < 4.78 is 32.2. The SMILES string of the molecule is CCc1ccc(CN2CCc3onc(-c4ccc(F)c(F)c4)c3C2)nc1. The molecule has 0 bridgehead atoms. The molecule has 6 heteroatoms.